The fourth-order valence-electron chi connectivity index (χ4n) is 3.54. The van der Waals surface area contributed by atoms with Gasteiger partial charge in [-0.2, -0.15) is 0 Å². The van der Waals surface area contributed by atoms with Crippen LogP contribution in [0.1, 0.15) is 22.0 Å². The normalized spacial score (nSPS) is 16.1. The van der Waals surface area contributed by atoms with Crippen molar-refractivity contribution in [1.82, 2.24) is 4.98 Å². The molecule has 3 aromatic rings. The molecule has 0 bridgehead atoms. The van der Waals surface area contributed by atoms with Gasteiger partial charge < -0.3 is 9.84 Å². The van der Waals surface area contributed by atoms with Crippen molar-refractivity contribution < 1.29 is 23.8 Å². The molecule has 30 heavy (non-hydrogen) atoms. The fraction of sp³-hybridized carbons (Fsp3) is 0.0870. The standard InChI is InChI=1S/C23H17FN2O4/c1-30-18-7-3-2-6-17(18)20-19(21(27)14-5-4-12-25-13-14)22(28)23(29)26(20)16-10-8-15(24)9-11-16/h2-13,20,28H,1H3. The van der Waals surface area contributed by atoms with E-state index in [-0.39, 0.29) is 11.1 Å². The summed E-state index contributed by atoms with van der Waals surface area (Å²) in [7, 11) is 1.48. The van der Waals surface area contributed by atoms with Gasteiger partial charge >= 0.3 is 0 Å². The smallest absolute Gasteiger partial charge is 0.294 e. The first-order chi connectivity index (χ1) is 14.5. The largest absolute Gasteiger partial charge is 0.503 e. The molecule has 150 valence electrons. The molecule has 2 aromatic carbocycles. The molecule has 4 rings (SSSR count). The molecule has 0 saturated heterocycles. The molecule has 0 saturated carbocycles. The van der Waals surface area contributed by atoms with Crippen LogP contribution < -0.4 is 9.64 Å². The third kappa shape index (κ3) is 3.20. The third-order valence-corrected chi connectivity index (χ3v) is 4.91. The molecular weight excluding hydrogens is 387 g/mol. The van der Waals surface area contributed by atoms with Crippen LogP contribution in [0.3, 0.4) is 0 Å². The van der Waals surface area contributed by atoms with Crippen molar-refractivity contribution in [3.8, 4) is 5.75 Å². The summed E-state index contributed by atoms with van der Waals surface area (Å²) in [6.45, 7) is 0. The lowest BCUT2D eigenvalue weighted by molar-refractivity contribution is -0.117. The molecule has 0 aliphatic carbocycles. The molecular formula is C23H17FN2O4. The molecule has 1 N–H and O–H groups in total. The highest BCUT2D eigenvalue weighted by atomic mass is 19.1. The van der Waals surface area contributed by atoms with Gasteiger partial charge in [0.15, 0.2) is 11.5 Å². The van der Waals surface area contributed by atoms with Gasteiger partial charge in [0, 0.05) is 29.2 Å². The Morgan fingerprint density at radius 1 is 1.10 bits per heavy atom. The molecule has 1 aliphatic rings. The van der Waals surface area contributed by atoms with Crippen LogP contribution >= 0.6 is 0 Å². The van der Waals surface area contributed by atoms with E-state index in [2.05, 4.69) is 4.98 Å². The van der Waals surface area contributed by atoms with Crippen LogP contribution in [0.15, 0.2) is 84.4 Å². The summed E-state index contributed by atoms with van der Waals surface area (Å²) in [5.74, 6) is -1.99. The Balaban J connectivity index is 1.92. The molecule has 1 aliphatic heterocycles. The summed E-state index contributed by atoms with van der Waals surface area (Å²) in [6, 6.07) is 14.3. The van der Waals surface area contributed by atoms with E-state index >= 15 is 0 Å². The predicted octanol–water partition coefficient (Wildman–Crippen LogP) is 4.01. The van der Waals surface area contributed by atoms with Gasteiger partial charge in [0.05, 0.1) is 18.7 Å². The van der Waals surface area contributed by atoms with E-state index < -0.39 is 29.3 Å². The molecule has 1 amide bonds. The van der Waals surface area contributed by atoms with Gasteiger partial charge in [-0.15, -0.1) is 0 Å². The molecule has 7 heteroatoms. The molecule has 6 nitrogen and oxygen atoms in total. The second-order valence-corrected chi connectivity index (χ2v) is 6.63. The van der Waals surface area contributed by atoms with Crippen molar-refractivity contribution in [2.75, 3.05) is 12.0 Å². The number of aromatic nitrogens is 1. The first kappa shape index (κ1) is 19.3. The minimum Gasteiger partial charge on any atom is -0.503 e. The van der Waals surface area contributed by atoms with E-state index in [4.69, 9.17) is 4.74 Å². The van der Waals surface area contributed by atoms with Crippen LogP contribution in [0.4, 0.5) is 10.1 Å². The number of nitrogens with zero attached hydrogens (tertiary/aromatic N) is 2. The lowest BCUT2D eigenvalue weighted by atomic mass is 9.92. The third-order valence-electron chi connectivity index (χ3n) is 4.91. The molecule has 1 aromatic heterocycles. The number of halogens is 1. The van der Waals surface area contributed by atoms with Crippen LogP contribution in [-0.4, -0.2) is 28.9 Å². The highest BCUT2D eigenvalue weighted by Crippen LogP contribution is 2.44. The lowest BCUT2D eigenvalue weighted by Gasteiger charge is -2.28. The van der Waals surface area contributed by atoms with Gasteiger partial charge in [-0.3, -0.25) is 19.5 Å². The average Bonchev–Trinajstić information content (AvgIpc) is 3.05. The number of para-hydroxylation sites is 1. The minimum absolute atomic E-state index is 0.0955. The number of amides is 1. The van der Waals surface area contributed by atoms with Gasteiger partial charge in [-0.05, 0) is 42.5 Å². The Hall–Kier alpha value is -4.00. The SMILES string of the molecule is COc1ccccc1C1C(C(=O)c2cccnc2)=C(O)C(=O)N1c1ccc(F)cc1. The number of aliphatic hydroxyl groups excluding tert-OH is 1. The molecule has 1 unspecified atom stereocenters. The summed E-state index contributed by atoms with van der Waals surface area (Å²) < 4.78 is 18.9. The van der Waals surface area contributed by atoms with Crippen molar-refractivity contribution in [3.63, 3.8) is 0 Å². The summed E-state index contributed by atoms with van der Waals surface area (Å²) in [5.41, 5.74) is 0.973. The van der Waals surface area contributed by atoms with E-state index in [1.165, 1.54) is 48.7 Å². The van der Waals surface area contributed by atoms with E-state index in [0.717, 1.165) is 0 Å². The number of carbonyl (C=O) groups excluding carboxylic acids is 2. The Morgan fingerprint density at radius 3 is 2.50 bits per heavy atom. The lowest BCUT2D eigenvalue weighted by Crippen LogP contribution is -2.31. The number of Topliss-reactive ketones (excluding diaryl/α,β-unsaturated/α-hetero) is 1. The zero-order valence-electron chi connectivity index (χ0n) is 15.9. The van der Waals surface area contributed by atoms with Crippen LogP contribution in [0, 0.1) is 5.82 Å². The van der Waals surface area contributed by atoms with Crippen LogP contribution in [0.5, 0.6) is 5.75 Å². The van der Waals surface area contributed by atoms with Crippen molar-refractivity contribution in [1.29, 1.82) is 0 Å². The van der Waals surface area contributed by atoms with E-state index in [0.29, 0.717) is 17.0 Å². The van der Waals surface area contributed by atoms with Crippen LogP contribution in [0.25, 0.3) is 0 Å². The number of benzene rings is 2. The van der Waals surface area contributed by atoms with Crippen LogP contribution in [-0.2, 0) is 4.79 Å². The summed E-state index contributed by atoms with van der Waals surface area (Å²) in [6.07, 6.45) is 2.89. The van der Waals surface area contributed by atoms with Gasteiger partial charge in [-0.25, -0.2) is 4.39 Å². The van der Waals surface area contributed by atoms with E-state index in [1.807, 2.05) is 0 Å². The highest BCUT2D eigenvalue weighted by molar-refractivity contribution is 6.20. The Morgan fingerprint density at radius 2 is 1.83 bits per heavy atom. The summed E-state index contributed by atoms with van der Waals surface area (Å²) in [4.78, 5) is 31.5. The Bertz CT molecular complexity index is 1140. The maximum Gasteiger partial charge on any atom is 0.294 e. The molecule has 0 fully saturated rings. The molecule has 1 atom stereocenters. The highest BCUT2D eigenvalue weighted by Gasteiger charge is 2.45. The van der Waals surface area contributed by atoms with Crippen molar-refractivity contribution in [3.05, 3.63) is 101 Å². The van der Waals surface area contributed by atoms with Gasteiger partial charge in [0.2, 0.25) is 0 Å². The second kappa shape index (κ2) is 7.79. The summed E-state index contributed by atoms with van der Waals surface area (Å²) in [5, 5.41) is 10.7. The number of methoxy groups -OCH3 is 1. The van der Waals surface area contributed by atoms with E-state index in [1.54, 1.807) is 36.4 Å². The van der Waals surface area contributed by atoms with Crippen molar-refractivity contribution in [2.24, 2.45) is 0 Å². The number of ketones is 1. The average molecular weight is 404 g/mol. The molecule has 2 heterocycles. The number of pyridine rings is 1. The topological polar surface area (TPSA) is 79.7 Å². The monoisotopic (exact) mass is 404 g/mol. The number of rotatable bonds is 5. The van der Waals surface area contributed by atoms with Gasteiger partial charge in [0.1, 0.15) is 11.6 Å². The Kier molecular flexibility index (Phi) is 5.02. The first-order valence-corrected chi connectivity index (χ1v) is 9.13. The van der Waals surface area contributed by atoms with E-state index in [9.17, 15) is 19.1 Å². The Labute approximate surface area is 171 Å². The number of carbonyl (C=O) groups is 2. The second-order valence-electron chi connectivity index (χ2n) is 6.63. The van der Waals surface area contributed by atoms with Crippen molar-refractivity contribution in [2.45, 2.75) is 6.04 Å². The number of hydrogen-bond donors (Lipinski definition) is 1. The zero-order valence-corrected chi connectivity index (χ0v) is 15.9. The van der Waals surface area contributed by atoms with Gasteiger partial charge in [-0.1, -0.05) is 18.2 Å². The van der Waals surface area contributed by atoms with Crippen molar-refractivity contribution >= 4 is 17.4 Å². The number of anilines is 1. The number of ether oxygens (including phenoxy) is 1. The maximum atomic E-state index is 13.5. The predicted molar refractivity (Wildman–Crippen MR) is 108 cm³/mol. The maximum absolute atomic E-state index is 13.5. The zero-order chi connectivity index (χ0) is 21.3. The molecule has 0 spiro atoms. The quantitative estimate of drug-likeness (QED) is 0.650. The number of hydrogen-bond acceptors (Lipinski definition) is 5. The van der Waals surface area contributed by atoms with Gasteiger partial charge in [0.25, 0.3) is 5.91 Å². The number of aliphatic hydroxyl groups is 1. The minimum atomic E-state index is -0.966. The summed E-state index contributed by atoms with van der Waals surface area (Å²) >= 11 is 0. The van der Waals surface area contributed by atoms with Crippen LogP contribution in [0.2, 0.25) is 0 Å². The first-order valence-electron chi connectivity index (χ1n) is 9.13. The molecule has 0 radical (unpaired) electrons. The fourth-order valence-corrected chi connectivity index (χ4v) is 3.54.